The normalized spacial score (nSPS) is 14.5. The van der Waals surface area contributed by atoms with Gasteiger partial charge in [0.25, 0.3) is 0 Å². The molecular weight excluding hydrogens is 564 g/mol. The Kier molecular flexibility index (Phi) is 9.52. The molecule has 1 amide bonds. The number of nitrogens with zero attached hydrogens (tertiary/aromatic N) is 3. The number of sulfone groups is 1. The highest BCUT2D eigenvalue weighted by Gasteiger charge is 2.25. The molecule has 0 atom stereocenters. The SMILES string of the molecule is C=CC(=O)Nc1cc(Nc2ncc(Cl)c(Nc3ccccc3S(=O)(=O)C(C)C)n2)c(OC)cc1C1CCN(C)CC1. The van der Waals surface area contributed by atoms with Crippen LogP contribution in [0.4, 0.5) is 28.8 Å². The van der Waals surface area contributed by atoms with E-state index in [0.29, 0.717) is 22.8 Å². The average molecular weight is 599 g/mol. The Morgan fingerprint density at radius 3 is 2.51 bits per heavy atom. The maximum absolute atomic E-state index is 12.9. The predicted molar refractivity (Wildman–Crippen MR) is 164 cm³/mol. The molecule has 0 radical (unpaired) electrons. The van der Waals surface area contributed by atoms with Crippen LogP contribution in [0.2, 0.25) is 5.02 Å². The van der Waals surface area contributed by atoms with E-state index in [1.54, 1.807) is 51.3 Å². The number of halogens is 1. The number of hydrogen-bond donors (Lipinski definition) is 3. The molecule has 1 aliphatic rings. The zero-order valence-corrected chi connectivity index (χ0v) is 25.1. The number of carbonyl (C=O) groups is 1. The molecular formula is C29H35ClN6O4S. The molecule has 10 nitrogen and oxygen atoms in total. The molecule has 0 spiro atoms. The van der Waals surface area contributed by atoms with Crippen molar-refractivity contribution < 1.29 is 17.9 Å². The summed E-state index contributed by atoms with van der Waals surface area (Å²) in [6.45, 7) is 8.75. The topological polar surface area (TPSA) is 126 Å². The molecule has 41 heavy (non-hydrogen) atoms. The van der Waals surface area contributed by atoms with Gasteiger partial charge in [0, 0.05) is 5.69 Å². The molecule has 4 rings (SSSR count). The van der Waals surface area contributed by atoms with Gasteiger partial charge in [-0.15, -0.1) is 0 Å². The fraction of sp³-hybridized carbons (Fsp3) is 0.345. The minimum Gasteiger partial charge on any atom is -0.495 e. The van der Waals surface area contributed by atoms with Crippen molar-refractivity contribution >= 4 is 56.2 Å². The molecule has 3 N–H and O–H groups in total. The summed E-state index contributed by atoms with van der Waals surface area (Å²) in [6.07, 6.45) is 4.55. The van der Waals surface area contributed by atoms with Crippen molar-refractivity contribution in [2.45, 2.75) is 42.8 Å². The predicted octanol–water partition coefficient (Wildman–Crippen LogP) is 5.74. The lowest BCUT2D eigenvalue weighted by Gasteiger charge is -2.31. The molecule has 0 saturated carbocycles. The Morgan fingerprint density at radius 1 is 1.15 bits per heavy atom. The maximum Gasteiger partial charge on any atom is 0.247 e. The molecule has 0 unspecified atom stereocenters. The number of para-hydroxylation sites is 1. The number of benzene rings is 2. The molecule has 0 bridgehead atoms. The van der Waals surface area contributed by atoms with Crippen molar-refractivity contribution in [1.82, 2.24) is 14.9 Å². The van der Waals surface area contributed by atoms with E-state index in [1.807, 2.05) is 6.07 Å². The van der Waals surface area contributed by atoms with Gasteiger partial charge >= 0.3 is 0 Å². The van der Waals surface area contributed by atoms with Gasteiger partial charge in [-0.3, -0.25) is 4.79 Å². The second kappa shape index (κ2) is 12.9. The summed E-state index contributed by atoms with van der Waals surface area (Å²) in [5, 5.41) is 8.74. The number of methoxy groups -OCH3 is 1. The highest BCUT2D eigenvalue weighted by atomic mass is 35.5. The van der Waals surface area contributed by atoms with E-state index >= 15 is 0 Å². The minimum atomic E-state index is -3.57. The first-order chi connectivity index (χ1) is 19.5. The molecule has 1 fully saturated rings. The molecule has 0 aliphatic carbocycles. The summed E-state index contributed by atoms with van der Waals surface area (Å²) in [5.41, 5.74) is 2.51. The van der Waals surface area contributed by atoms with Gasteiger partial charge < -0.3 is 25.6 Å². The standard InChI is InChI=1S/C29H35ClN6O4S/c1-6-27(37)32-23-16-24(25(40-5)15-20(23)19-11-13-36(4)14-12-19)34-29-31-17-21(30)28(35-29)33-22-9-7-8-10-26(22)41(38,39)18(2)3/h6-10,15-19H,1,11-14H2,2-5H3,(H,32,37)(H2,31,33,34,35). The molecule has 3 aromatic rings. The lowest BCUT2D eigenvalue weighted by molar-refractivity contribution is -0.111. The summed E-state index contributed by atoms with van der Waals surface area (Å²) < 4.78 is 31.6. The van der Waals surface area contributed by atoms with Crippen LogP contribution in [-0.4, -0.2) is 61.7 Å². The van der Waals surface area contributed by atoms with Gasteiger partial charge in [0.05, 0.1) is 34.8 Å². The first-order valence-corrected chi connectivity index (χ1v) is 15.2. The van der Waals surface area contributed by atoms with Gasteiger partial charge in [-0.25, -0.2) is 13.4 Å². The van der Waals surface area contributed by atoms with Gasteiger partial charge in [0.15, 0.2) is 15.7 Å². The molecule has 2 heterocycles. The Labute approximate surface area is 246 Å². The number of aromatic nitrogens is 2. The van der Waals surface area contributed by atoms with Crippen molar-refractivity contribution in [3.8, 4) is 5.75 Å². The molecule has 1 aliphatic heterocycles. The summed E-state index contributed by atoms with van der Waals surface area (Å²) >= 11 is 6.40. The van der Waals surface area contributed by atoms with Crippen LogP contribution in [0.3, 0.4) is 0 Å². The van der Waals surface area contributed by atoms with Crippen LogP contribution < -0.4 is 20.7 Å². The van der Waals surface area contributed by atoms with Crippen LogP contribution in [-0.2, 0) is 14.6 Å². The van der Waals surface area contributed by atoms with Crippen LogP contribution in [0.25, 0.3) is 0 Å². The van der Waals surface area contributed by atoms with Crippen LogP contribution in [0.5, 0.6) is 5.75 Å². The highest BCUT2D eigenvalue weighted by molar-refractivity contribution is 7.92. The van der Waals surface area contributed by atoms with Crippen molar-refractivity contribution in [3.63, 3.8) is 0 Å². The number of anilines is 5. The van der Waals surface area contributed by atoms with E-state index in [9.17, 15) is 13.2 Å². The van der Waals surface area contributed by atoms with Gasteiger partial charge in [-0.05, 0) is 88.6 Å². The molecule has 12 heteroatoms. The fourth-order valence-corrected chi connectivity index (χ4v) is 5.99. The van der Waals surface area contributed by atoms with Crippen molar-refractivity contribution in [2.75, 3.05) is 43.2 Å². The van der Waals surface area contributed by atoms with E-state index < -0.39 is 15.1 Å². The second-order valence-electron chi connectivity index (χ2n) is 10.1. The summed E-state index contributed by atoms with van der Waals surface area (Å²) in [6, 6.07) is 10.3. The van der Waals surface area contributed by atoms with Crippen molar-refractivity contribution in [3.05, 3.63) is 65.8 Å². The number of amides is 1. The quantitative estimate of drug-likeness (QED) is 0.250. The number of hydrogen-bond acceptors (Lipinski definition) is 9. The minimum absolute atomic E-state index is 0.146. The second-order valence-corrected chi connectivity index (χ2v) is 13.0. The Hall–Kier alpha value is -3.67. The van der Waals surface area contributed by atoms with E-state index in [0.717, 1.165) is 31.5 Å². The maximum atomic E-state index is 12.9. The summed E-state index contributed by atoms with van der Waals surface area (Å²) in [5.74, 6) is 0.889. The van der Waals surface area contributed by atoms with Crippen molar-refractivity contribution in [2.24, 2.45) is 0 Å². The van der Waals surface area contributed by atoms with Crippen LogP contribution >= 0.6 is 11.6 Å². The number of carbonyl (C=O) groups excluding carboxylic acids is 1. The highest BCUT2D eigenvalue weighted by Crippen LogP contribution is 2.40. The molecule has 1 saturated heterocycles. The van der Waals surface area contributed by atoms with E-state index in [4.69, 9.17) is 16.3 Å². The monoisotopic (exact) mass is 598 g/mol. The Balaban J connectivity index is 1.69. The van der Waals surface area contributed by atoms with Crippen LogP contribution in [0.1, 0.15) is 38.2 Å². The fourth-order valence-electron chi connectivity index (χ4n) is 4.65. The smallest absolute Gasteiger partial charge is 0.247 e. The Bertz CT molecular complexity index is 1540. The largest absolute Gasteiger partial charge is 0.495 e. The third-order valence-electron chi connectivity index (χ3n) is 7.03. The van der Waals surface area contributed by atoms with Gasteiger partial charge in [0.2, 0.25) is 11.9 Å². The Morgan fingerprint density at radius 2 is 1.85 bits per heavy atom. The zero-order chi connectivity index (χ0) is 29.7. The van der Waals surface area contributed by atoms with Gasteiger partial charge in [-0.2, -0.15) is 4.98 Å². The first-order valence-electron chi connectivity index (χ1n) is 13.3. The average Bonchev–Trinajstić information content (AvgIpc) is 2.95. The lowest BCUT2D eigenvalue weighted by atomic mass is 9.88. The van der Waals surface area contributed by atoms with E-state index in [1.165, 1.54) is 12.3 Å². The van der Waals surface area contributed by atoms with E-state index in [2.05, 4.69) is 44.4 Å². The third kappa shape index (κ3) is 6.98. The zero-order valence-electron chi connectivity index (χ0n) is 23.6. The molecule has 2 aromatic carbocycles. The van der Waals surface area contributed by atoms with Gasteiger partial charge in [0.1, 0.15) is 10.8 Å². The number of ether oxygens (including phenoxy) is 1. The van der Waals surface area contributed by atoms with Crippen LogP contribution in [0.15, 0.2) is 60.1 Å². The lowest BCUT2D eigenvalue weighted by Crippen LogP contribution is -2.29. The van der Waals surface area contributed by atoms with Crippen molar-refractivity contribution in [1.29, 1.82) is 0 Å². The number of likely N-dealkylation sites (tertiary alicyclic amines) is 1. The van der Waals surface area contributed by atoms with E-state index in [-0.39, 0.29) is 33.5 Å². The summed E-state index contributed by atoms with van der Waals surface area (Å²) in [4.78, 5) is 23.5. The molecule has 1 aromatic heterocycles. The van der Waals surface area contributed by atoms with Gasteiger partial charge in [-0.1, -0.05) is 30.3 Å². The molecule has 218 valence electrons. The van der Waals surface area contributed by atoms with Crippen LogP contribution in [0, 0.1) is 0 Å². The third-order valence-corrected chi connectivity index (χ3v) is 9.52. The number of rotatable bonds is 10. The summed E-state index contributed by atoms with van der Waals surface area (Å²) in [7, 11) is 0.104. The number of piperidine rings is 1. The first kappa shape index (κ1) is 30.3. The number of nitrogens with one attached hydrogen (secondary N) is 3.